The van der Waals surface area contributed by atoms with Gasteiger partial charge in [0.15, 0.2) is 0 Å². The Morgan fingerprint density at radius 1 is 1.00 bits per heavy atom. The molecule has 0 atom stereocenters. The highest BCUT2D eigenvalue weighted by atomic mass is 14.8. The first-order chi connectivity index (χ1) is 8.24. The van der Waals surface area contributed by atoms with E-state index in [1.165, 1.54) is 29.5 Å². The zero-order chi connectivity index (χ0) is 12.5. The Morgan fingerprint density at radius 3 is 2.53 bits per heavy atom. The van der Waals surface area contributed by atoms with Crippen LogP contribution in [0.3, 0.4) is 0 Å². The summed E-state index contributed by atoms with van der Waals surface area (Å²) < 4.78 is 0. The molecule has 1 aromatic carbocycles. The lowest BCUT2D eigenvalue weighted by Crippen LogP contribution is -2.20. The largest absolute Gasteiger partial charge is 0.320 e. The smallest absolute Gasteiger partial charge is 0.000825 e. The van der Waals surface area contributed by atoms with Crippen molar-refractivity contribution in [2.45, 2.75) is 33.1 Å². The minimum absolute atomic E-state index is 1.09. The van der Waals surface area contributed by atoms with E-state index in [2.05, 4.69) is 42.7 Å². The summed E-state index contributed by atoms with van der Waals surface area (Å²) in [6.07, 6.45) is 3.65. The first-order valence-electron chi connectivity index (χ1n) is 6.65. The molecule has 0 aliphatic rings. The molecule has 0 aliphatic carbocycles. The predicted molar refractivity (Wildman–Crippen MR) is 75.7 cm³/mol. The lowest BCUT2D eigenvalue weighted by Gasteiger charge is -2.08. The van der Waals surface area contributed by atoms with Gasteiger partial charge in [-0.2, -0.15) is 0 Å². The molecule has 0 bridgehead atoms. The SMILES string of the molecule is CNCCCCNCCc1cc(C)ccc1C. The van der Waals surface area contributed by atoms with Gasteiger partial charge >= 0.3 is 0 Å². The van der Waals surface area contributed by atoms with Crippen molar-refractivity contribution in [2.24, 2.45) is 0 Å². The van der Waals surface area contributed by atoms with Gasteiger partial charge in [0.05, 0.1) is 0 Å². The van der Waals surface area contributed by atoms with E-state index in [1.807, 2.05) is 7.05 Å². The summed E-state index contributed by atoms with van der Waals surface area (Å²) >= 11 is 0. The number of nitrogens with one attached hydrogen (secondary N) is 2. The standard InChI is InChI=1S/C15H26N2/c1-13-6-7-14(2)15(12-13)8-11-17-10-5-4-9-16-3/h6-7,12,16-17H,4-5,8-11H2,1-3H3. The molecule has 1 aromatic rings. The third-order valence-electron chi connectivity index (χ3n) is 3.11. The highest BCUT2D eigenvalue weighted by Crippen LogP contribution is 2.10. The molecule has 0 fully saturated rings. The molecule has 96 valence electrons. The van der Waals surface area contributed by atoms with Crippen LogP contribution in [0.2, 0.25) is 0 Å². The fourth-order valence-electron chi connectivity index (χ4n) is 1.97. The number of benzene rings is 1. The molecule has 0 radical (unpaired) electrons. The first-order valence-corrected chi connectivity index (χ1v) is 6.65. The average molecular weight is 234 g/mol. The summed E-state index contributed by atoms with van der Waals surface area (Å²) in [4.78, 5) is 0. The van der Waals surface area contributed by atoms with Crippen LogP contribution in [0.4, 0.5) is 0 Å². The first kappa shape index (κ1) is 14.2. The molecule has 0 spiro atoms. The molecule has 0 aliphatic heterocycles. The van der Waals surface area contributed by atoms with Crippen LogP contribution in [0.25, 0.3) is 0 Å². The van der Waals surface area contributed by atoms with Crippen molar-refractivity contribution in [1.29, 1.82) is 0 Å². The van der Waals surface area contributed by atoms with Gasteiger partial charge in [-0.1, -0.05) is 23.8 Å². The monoisotopic (exact) mass is 234 g/mol. The van der Waals surface area contributed by atoms with Gasteiger partial charge in [-0.25, -0.2) is 0 Å². The fourth-order valence-corrected chi connectivity index (χ4v) is 1.97. The molecule has 0 unspecified atom stereocenters. The molecule has 2 nitrogen and oxygen atoms in total. The minimum atomic E-state index is 1.09. The fraction of sp³-hybridized carbons (Fsp3) is 0.600. The number of hydrogen-bond donors (Lipinski definition) is 2. The summed E-state index contributed by atoms with van der Waals surface area (Å²) in [5.74, 6) is 0. The Hall–Kier alpha value is -0.860. The van der Waals surface area contributed by atoms with Crippen LogP contribution >= 0.6 is 0 Å². The van der Waals surface area contributed by atoms with E-state index >= 15 is 0 Å². The van der Waals surface area contributed by atoms with Crippen molar-refractivity contribution >= 4 is 0 Å². The van der Waals surface area contributed by atoms with Gasteiger partial charge in [-0.3, -0.25) is 0 Å². The van der Waals surface area contributed by atoms with E-state index in [-0.39, 0.29) is 0 Å². The normalized spacial score (nSPS) is 10.8. The Kier molecular flexibility index (Phi) is 6.90. The van der Waals surface area contributed by atoms with Gasteiger partial charge in [-0.05, 0) is 70.9 Å². The second-order valence-electron chi connectivity index (χ2n) is 4.74. The Morgan fingerprint density at radius 2 is 1.76 bits per heavy atom. The van der Waals surface area contributed by atoms with E-state index in [9.17, 15) is 0 Å². The quantitative estimate of drug-likeness (QED) is 0.675. The van der Waals surface area contributed by atoms with Crippen LogP contribution in [-0.2, 0) is 6.42 Å². The maximum absolute atomic E-state index is 3.51. The Labute approximate surface area is 106 Å². The third kappa shape index (κ3) is 5.85. The molecule has 2 heteroatoms. The number of rotatable bonds is 8. The second kappa shape index (κ2) is 8.26. The van der Waals surface area contributed by atoms with Gasteiger partial charge in [0.2, 0.25) is 0 Å². The maximum Gasteiger partial charge on any atom is -0.000825 e. The van der Waals surface area contributed by atoms with Crippen molar-refractivity contribution in [1.82, 2.24) is 10.6 Å². The lowest BCUT2D eigenvalue weighted by atomic mass is 10.0. The van der Waals surface area contributed by atoms with Gasteiger partial charge in [0.25, 0.3) is 0 Å². The van der Waals surface area contributed by atoms with Crippen LogP contribution in [0.15, 0.2) is 18.2 Å². The minimum Gasteiger partial charge on any atom is -0.320 e. The molecule has 0 saturated heterocycles. The van der Waals surface area contributed by atoms with Crippen molar-refractivity contribution in [2.75, 3.05) is 26.7 Å². The average Bonchev–Trinajstić information content (AvgIpc) is 2.32. The summed E-state index contributed by atoms with van der Waals surface area (Å²) in [6, 6.07) is 6.71. The highest BCUT2D eigenvalue weighted by molar-refractivity contribution is 5.30. The predicted octanol–water partition coefficient (Wildman–Crippen LogP) is 2.44. The van der Waals surface area contributed by atoms with Crippen molar-refractivity contribution in [3.8, 4) is 0 Å². The zero-order valence-corrected chi connectivity index (χ0v) is 11.5. The van der Waals surface area contributed by atoms with Gasteiger partial charge in [0, 0.05) is 0 Å². The number of aryl methyl sites for hydroxylation is 2. The summed E-state index contributed by atoms with van der Waals surface area (Å²) in [5, 5.41) is 6.68. The van der Waals surface area contributed by atoms with Crippen LogP contribution in [0.5, 0.6) is 0 Å². The van der Waals surface area contributed by atoms with E-state index in [0.717, 1.165) is 26.1 Å². The van der Waals surface area contributed by atoms with Crippen LogP contribution in [0.1, 0.15) is 29.5 Å². The summed E-state index contributed by atoms with van der Waals surface area (Å²) in [5.41, 5.74) is 4.25. The van der Waals surface area contributed by atoms with Crippen molar-refractivity contribution < 1.29 is 0 Å². The lowest BCUT2D eigenvalue weighted by molar-refractivity contribution is 0.605. The van der Waals surface area contributed by atoms with Crippen molar-refractivity contribution in [3.63, 3.8) is 0 Å². The Balaban J connectivity index is 2.15. The van der Waals surface area contributed by atoms with Gasteiger partial charge in [-0.15, -0.1) is 0 Å². The molecule has 17 heavy (non-hydrogen) atoms. The number of hydrogen-bond acceptors (Lipinski definition) is 2. The molecule has 1 rings (SSSR count). The summed E-state index contributed by atoms with van der Waals surface area (Å²) in [7, 11) is 2.01. The zero-order valence-electron chi connectivity index (χ0n) is 11.5. The maximum atomic E-state index is 3.51. The molecule has 0 amide bonds. The molecular formula is C15H26N2. The van der Waals surface area contributed by atoms with Crippen LogP contribution < -0.4 is 10.6 Å². The van der Waals surface area contributed by atoms with E-state index in [1.54, 1.807) is 0 Å². The molecule has 0 heterocycles. The summed E-state index contributed by atoms with van der Waals surface area (Å²) in [6.45, 7) is 7.70. The topological polar surface area (TPSA) is 24.1 Å². The van der Waals surface area contributed by atoms with Crippen LogP contribution in [0, 0.1) is 13.8 Å². The highest BCUT2D eigenvalue weighted by Gasteiger charge is 1.98. The van der Waals surface area contributed by atoms with E-state index < -0.39 is 0 Å². The van der Waals surface area contributed by atoms with Gasteiger partial charge in [0.1, 0.15) is 0 Å². The van der Waals surface area contributed by atoms with E-state index in [0.29, 0.717) is 0 Å². The molecule has 0 aromatic heterocycles. The van der Waals surface area contributed by atoms with Crippen LogP contribution in [-0.4, -0.2) is 26.7 Å². The van der Waals surface area contributed by atoms with Gasteiger partial charge < -0.3 is 10.6 Å². The molecule has 0 saturated carbocycles. The number of unbranched alkanes of at least 4 members (excludes halogenated alkanes) is 1. The third-order valence-corrected chi connectivity index (χ3v) is 3.11. The Bertz CT molecular complexity index is 321. The second-order valence-corrected chi connectivity index (χ2v) is 4.74. The van der Waals surface area contributed by atoms with Crippen molar-refractivity contribution in [3.05, 3.63) is 34.9 Å². The molecule has 2 N–H and O–H groups in total. The molecular weight excluding hydrogens is 208 g/mol. The van der Waals surface area contributed by atoms with E-state index in [4.69, 9.17) is 0 Å².